The van der Waals surface area contributed by atoms with Crippen LogP contribution in [-0.2, 0) is 39.0 Å². The Balaban J connectivity index is 0.00000312. The summed E-state index contributed by atoms with van der Waals surface area (Å²) in [6.45, 7) is 0. The first-order chi connectivity index (χ1) is 22.1. The van der Waals surface area contributed by atoms with Crippen molar-refractivity contribution in [2.75, 3.05) is 0 Å². The van der Waals surface area contributed by atoms with Crippen molar-refractivity contribution in [2.45, 2.75) is 0 Å². The topological polar surface area (TPSA) is 142 Å². The Morgan fingerprint density at radius 3 is 1.10 bits per heavy atom. The van der Waals surface area contributed by atoms with Gasteiger partial charge >= 0.3 is 39.0 Å². The summed E-state index contributed by atoms with van der Waals surface area (Å²) in [5.41, 5.74) is 2.50. The van der Waals surface area contributed by atoms with Crippen LogP contribution in [0.2, 0.25) is 0 Å². The summed E-state index contributed by atoms with van der Waals surface area (Å²) in [6.07, 6.45) is 5.63. The maximum absolute atomic E-state index is 12.7. The van der Waals surface area contributed by atoms with Gasteiger partial charge in [-0.05, 0) is 70.8 Å². The smallest absolute Gasteiger partial charge is 0.872 e. The average molecular weight is 997 g/mol. The second-order valence-corrected chi connectivity index (χ2v) is 13.1. The van der Waals surface area contributed by atoms with E-state index in [1.54, 1.807) is 72.8 Å². The molecule has 0 saturated heterocycles. The molecule has 14 heteroatoms. The molecule has 0 aromatic heterocycles. The molecule has 0 atom stereocenters. The van der Waals surface area contributed by atoms with Gasteiger partial charge in [0.15, 0.2) is 0 Å². The van der Waals surface area contributed by atoms with E-state index in [1.807, 2.05) is 0 Å². The van der Waals surface area contributed by atoms with Crippen molar-refractivity contribution in [1.29, 1.82) is 0 Å². The van der Waals surface area contributed by atoms with E-state index in [9.17, 15) is 20.4 Å². The Labute approximate surface area is 335 Å². The predicted molar refractivity (Wildman–Crippen MR) is 190 cm³/mol. The first-order valence-corrected chi connectivity index (χ1v) is 16.4. The number of rotatable bonds is 8. The number of hydrogen-bond donors (Lipinski definition) is 0. The maximum Gasteiger partial charge on any atom is 2.00 e. The van der Waals surface area contributed by atoms with Gasteiger partial charge in [-0.2, -0.15) is 0 Å². The van der Waals surface area contributed by atoms with Crippen LogP contribution in [0, 0.1) is 0 Å². The molecule has 0 heterocycles. The quantitative estimate of drug-likeness (QED) is 0.115. The minimum atomic E-state index is -0.249. The van der Waals surface area contributed by atoms with E-state index in [0.717, 1.165) is 0 Å². The number of aliphatic imine (C=N–C) groups is 4. The first kappa shape index (κ1) is 39.6. The summed E-state index contributed by atoms with van der Waals surface area (Å²) in [5.74, 6) is -0.967. The molecule has 0 aliphatic carbocycles. The Bertz CT molecular complexity index is 1890. The zero-order chi connectivity index (χ0) is 32.8. The van der Waals surface area contributed by atoms with Crippen molar-refractivity contribution in [1.82, 2.24) is 0 Å². The van der Waals surface area contributed by atoms with Gasteiger partial charge in [0, 0.05) is 42.7 Å². The fourth-order valence-corrected chi connectivity index (χ4v) is 5.54. The number of hydrogen-bond acceptors (Lipinski definition) is 8. The van der Waals surface area contributed by atoms with Gasteiger partial charge in [-0.1, -0.05) is 123 Å². The van der Waals surface area contributed by atoms with Crippen LogP contribution in [0.25, 0.3) is 0 Å². The molecule has 0 fully saturated rings. The van der Waals surface area contributed by atoms with Gasteiger partial charge in [-0.15, -0.1) is 0 Å². The van der Waals surface area contributed by atoms with E-state index < -0.39 is 0 Å². The van der Waals surface area contributed by atoms with E-state index in [2.05, 4.69) is 83.7 Å². The molecule has 0 radical (unpaired) electrons. The molecule has 5 aromatic rings. The third-order valence-electron chi connectivity index (χ3n) is 6.38. The van der Waals surface area contributed by atoms with Gasteiger partial charge in [-0.3, -0.25) is 20.0 Å². The fraction of sp³-hybridized carbons (Fsp3) is 0. The molecule has 48 heavy (non-hydrogen) atoms. The van der Waals surface area contributed by atoms with Gasteiger partial charge in [0.25, 0.3) is 0 Å². The van der Waals surface area contributed by atoms with Gasteiger partial charge in [0.1, 0.15) is 0 Å². The van der Waals surface area contributed by atoms with E-state index in [4.69, 9.17) is 0 Å². The summed E-state index contributed by atoms with van der Waals surface area (Å²) in [7, 11) is 0. The zero-order valence-electron chi connectivity index (χ0n) is 24.7. The van der Waals surface area contributed by atoms with Crippen LogP contribution < -0.4 is 20.4 Å². The first-order valence-electron chi connectivity index (χ1n) is 13.3. The van der Waals surface area contributed by atoms with Crippen molar-refractivity contribution in [2.24, 2.45) is 20.0 Å². The van der Waals surface area contributed by atoms with Gasteiger partial charge in [0.2, 0.25) is 0 Å². The number of halogens is 4. The van der Waals surface area contributed by atoms with E-state index in [0.29, 0.717) is 62.9 Å². The van der Waals surface area contributed by atoms with Crippen LogP contribution in [0.3, 0.4) is 0 Å². The third-order valence-corrected chi connectivity index (χ3v) is 8.62. The van der Waals surface area contributed by atoms with Crippen molar-refractivity contribution in [3.63, 3.8) is 0 Å². The minimum absolute atomic E-state index is 0. The second kappa shape index (κ2) is 18.2. The number of para-hydroxylation sites is 2. The van der Waals surface area contributed by atoms with Crippen LogP contribution in [-0.4, -0.2) is 24.9 Å². The fourth-order valence-electron chi connectivity index (χ4n) is 4.02. The third kappa shape index (κ3) is 10.1. The molecule has 0 unspecified atom stereocenters. The minimum Gasteiger partial charge on any atom is -0.872 e. The van der Waals surface area contributed by atoms with Crippen LogP contribution in [0.15, 0.2) is 123 Å². The molecule has 0 spiro atoms. The molecular weight excluding hydrogens is 979 g/mol. The second-order valence-electron chi connectivity index (χ2n) is 9.54. The molecular formula is C34H18Br4N4O4Zn2. The Hall–Kier alpha value is -2.85. The summed E-state index contributed by atoms with van der Waals surface area (Å²) in [5, 5.41) is 50.3. The van der Waals surface area contributed by atoms with Crippen LogP contribution in [0.5, 0.6) is 23.0 Å². The van der Waals surface area contributed by atoms with Crippen molar-refractivity contribution in [3.05, 3.63) is 125 Å². The number of benzene rings is 5. The summed E-state index contributed by atoms with van der Waals surface area (Å²) < 4.78 is 2.17. The van der Waals surface area contributed by atoms with Crippen LogP contribution >= 0.6 is 63.7 Å². The molecule has 0 bridgehead atoms. The molecule has 230 valence electrons. The maximum atomic E-state index is 12.7. The largest absolute Gasteiger partial charge is 2.00 e. The van der Waals surface area contributed by atoms with Gasteiger partial charge < -0.3 is 20.4 Å². The Morgan fingerprint density at radius 2 is 0.750 bits per heavy atom. The predicted octanol–water partition coefficient (Wildman–Crippen LogP) is 8.03. The van der Waals surface area contributed by atoms with E-state index >= 15 is 0 Å². The molecule has 0 aliphatic rings. The zero-order valence-corrected chi connectivity index (χ0v) is 37.0. The molecule has 0 saturated carbocycles. The monoisotopic (exact) mass is 990 g/mol. The Kier molecular flexibility index (Phi) is 15.0. The normalized spacial score (nSPS) is 11.4. The molecule has 8 nitrogen and oxygen atoms in total. The number of nitrogens with zero attached hydrogens (tertiary/aromatic N) is 4. The van der Waals surface area contributed by atoms with Crippen molar-refractivity contribution < 1.29 is 59.4 Å². The van der Waals surface area contributed by atoms with Gasteiger partial charge in [0.05, 0.1) is 22.7 Å². The average Bonchev–Trinajstić information content (AvgIpc) is 3.03. The summed E-state index contributed by atoms with van der Waals surface area (Å²) >= 11 is 13.2. The van der Waals surface area contributed by atoms with Crippen molar-refractivity contribution >= 4 is 111 Å². The molecule has 5 aromatic carbocycles. The van der Waals surface area contributed by atoms with Crippen LogP contribution in [0.4, 0.5) is 22.7 Å². The molecule has 0 N–H and O–H groups in total. The summed E-state index contributed by atoms with van der Waals surface area (Å²) in [4.78, 5) is 18.3. The molecule has 0 aliphatic heterocycles. The SMILES string of the molecule is [O-]c1ccc(Br)cc1C=Nc1cc(N=Cc2cc(Br)ccc2[O-])c(N=Cc2cccc(Br)c2[O-])cc1N=Cc1cccc(Br)c1[O-].[Zn+2].[Zn+2]. The van der Waals surface area contributed by atoms with E-state index in [-0.39, 0.29) is 62.0 Å². The molecule has 5 rings (SSSR count). The summed E-state index contributed by atoms with van der Waals surface area (Å²) in [6, 6.07) is 22.5. The van der Waals surface area contributed by atoms with Gasteiger partial charge in [-0.25, -0.2) is 0 Å². The van der Waals surface area contributed by atoms with Crippen LogP contribution in [0.1, 0.15) is 22.3 Å². The Morgan fingerprint density at radius 1 is 0.417 bits per heavy atom. The molecule has 0 amide bonds. The van der Waals surface area contributed by atoms with E-state index in [1.165, 1.54) is 37.0 Å². The van der Waals surface area contributed by atoms with Crippen molar-refractivity contribution in [3.8, 4) is 23.0 Å². The standard InChI is InChI=1S/C34H22Br4N4O4.2Zn/c35-23-7-9-31(43)21(11-23)17-41-29-14-30(42-18-22-12-24(36)8-10-32(22)44)28(40-16-20-4-2-6-26(38)34(20)46)13-27(29)39-15-19-3-1-5-25(37)33(19)45;;/h1-18,43-46H;;/q;2*+2/p-4.